The number of nitrogens with zero attached hydrogens (tertiary/aromatic N) is 1. The van der Waals surface area contributed by atoms with E-state index < -0.39 is 24.2 Å². The van der Waals surface area contributed by atoms with Crippen molar-refractivity contribution >= 4 is 35.6 Å². The van der Waals surface area contributed by atoms with Gasteiger partial charge in [-0.1, -0.05) is 30.8 Å². The molecule has 0 bridgehead atoms. The summed E-state index contributed by atoms with van der Waals surface area (Å²) in [6, 6.07) is 14.0. The molecule has 0 spiro atoms. The Hall–Kier alpha value is -4.34. The number of hydrogen-bond acceptors (Lipinski definition) is 7. The molecular weight excluding hydrogens is 466 g/mol. The first-order chi connectivity index (χ1) is 17.2. The Labute approximate surface area is 210 Å². The molecule has 0 aliphatic rings. The first-order valence-corrected chi connectivity index (χ1v) is 11.4. The van der Waals surface area contributed by atoms with E-state index in [9.17, 15) is 19.2 Å². The molecule has 0 heterocycles. The fourth-order valence-corrected chi connectivity index (χ4v) is 2.94. The number of imide groups is 1. The summed E-state index contributed by atoms with van der Waals surface area (Å²) in [5.74, 6) is -0.536. The molecule has 0 fully saturated rings. The summed E-state index contributed by atoms with van der Waals surface area (Å²) in [5, 5.41) is 5.29. The number of carbonyl (C=O) groups excluding carboxylic acids is 4. The van der Waals surface area contributed by atoms with Crippen molar-refractivity contribution in [1.29, 1.82) is 0 Å². The van der Waals surface area contributed by atoms with E-state index in [1.54, 1.807) is 38.1 Å². The fraction of sp³-hybridized carbons (Fsp3) is 0.308. The molecule has 0 saturated carbocycles. The van der Waals surface area contributed by atoms with Crippen molar-refractivity contribution in [3.63, 3.8) is 0 Å². The summed E-state index contributed by atoms with van der Waals surface area (Å²) in [7, 11) is 0. The van der Waals surface area contributed by atoms with Gasteiger partial charge in [0.1, 0.15) is 13.2 Å². The molecule has 0 atom stereocenters. The molecule has 10 nitrogen and oxygen atoms in total. The molecule has 4 amide bonds. The number of amides is 4. The standard InChI is InChI=1S/C26H31N3O7/c1-5-29(26(33)34-6-2)24(31)27-21-11-7-19(8-12-21)17-20-9-13-22(14-10-20)28-25(32)36-16-15-35-23(30)18(3)4/h7-14H,3,5-6,15-17H2,1-2,4H3,(H,27,31)(H,28,32). The van der Waals surface area contributed by atoms with Crippen LogP contribution in [0.4, 0.5) is 25.8 Å². The van der Waals surface area contributed by atoms with E-state index in [-0.39, 0.29) is 31.9 Å². The van der Waals surface area contributed by atoms with E-state index in [1.165, 1.54) is 6.92 Å². The average Bonchev–Trinajstić information content (AvgIpc) is 2.84. The van der Waals surface area contributed by atoms with Gasteiger partial charge in [-0.25, -0.2) is 24.1 Å². The zero-order chi connectivity index (χ0) is 26.5. The van der Waals surface area contributed by atoms with Crippen LogP contribution in [-0.2, 0) is 25.4 Å². The van der Waals surface area contributed by atoms with Gasteiger partial charge in [-0.05, 0) is 62.6 Å². The summed E-state index contributed by atoms with van der Waals surface area (Å²) >= 11 is 0. The average molecular weight is 498 g/mol. The zero-order valence-electron chi connectivity index (χ0n) is 20.7. The van der Waals surface area contributed by atoms with Crippen molar-refractivity contribution in [2.45, 2.75) is 27.2 Å². The van der Waals surface area contributed by atoms with E-state index in [2.05, 4.69) is 17.2 Å². The third-order valence-corrected chi connectivity index (χ3v) is 4.76. The molecule has 0 aromatic heterocycles. The Morgan fingerprint density at radius 1 is 0.806 bits per heavy atom. The lowest BCUT2D eigenvalue weighted by molar-refractivity contribution is -0.139. The summed E-state index contributed by atoms with van der Waals surface area (Å²) in [4.78, 5) is 48.3. The van der Waals surface area contributed by atoms with Gasteiger partial charge in [-0.2, -0.15) is 0 Å². The van der Waals surface area contributed by atoms with Crippen molar-refractivity contribution in [3.8, 4) is 0 Å². The van der Waals surface area contributed by atoms with Gasteiger partial charge in [-0.15, -0.1) is 0 Å². The maximum absolute atomic E-state index is 12.3. The van der Waals surface area contributed by atoms with Gasteiger partial charge in [0.2, 0.25) is 0 Å². The molecule has 0 aliphatic carbocycles. The number of nitrogens with one attached hydrogen (secondary N) is 2. The minimum atomic E-state index is -0.690. The summed E-state index contributed by atoms with van der Waals surface area (Å²) in [6.07, 6.45) is -0.711. The van der Waals surface area contributed by atoms with E-state index in [0.29, 0.717) is 17.8 Å². The lowest BCUT2D eigenvalue weighted by atomic mass is 10.0. The molecule has 10 heteroatoms. The third kappa shape index (κ3) is 9.13. The molecule has 36 heavy (non-hydrogen) atoms. The van der Waals surface area contributed by atoms with E-state index in [0.717, 1.165) is 16.0 Å². The molecule has 0 unspecified atom stereocenters. The second-order valence-corrected chi connectivity index (χ2v) is 7.62. The predicted octanol–water partition coefficient (Wildman–Crippen LogP) is 4.96. The first-order valence-electron chi connectivity index (χ1n) is 11.4. The summed E-state index contributed by atoms with van der Waals surface area (Å²) in [6.45, 7) is 8.62. The van der Waals surface area contributed by atoms with Gasteiger partial charge in [0, 0.05) is 23.5 Å². The Bertz CT molecular complexity index is 1070. The monoisotopic (exact) mass is 497 g/mol. The second kappa shape index (κ2) is 14.1. The summed E-state index contributed by atoms with van der Waals surface area (Å²) < 4.78 is 14.7. The van der Waals surface area contributed by atoms with Crippen LogP contribution in [0.5, 0.6) is 0 Å². The van der Waals surface area contributed by atoms with Gasteiger partial charge in [0.15, 0.2) is 0 Å². The molecule has 2 aromatic carbocycles. The molecule has 2 N–H and O–H groups in total. The highest BCUT2D eigenvalue weighted by atomic mass is 16.6. The third-order valence-electron chi connectivity index (χ3n) is 4.76. The summed E-state index contributed by atoms with van der Waals surface area (Å²) in [5.41, 5.74) is 3.41. The number of esters is 1. The van der Waals surface area contributed by atoms with Crippen molar-refractivity contribution in [3.05, 3.63) is 71.8 Å². The van der Waals surface area contributed by atoms with Gasteiger partial charge in [0.05, 0.1) is 6.61 Å². The van der Waals surface area contributed by atoms with Crippen LogP contribution in [0.25, 0.3) is 0 Å². The van der Waals surface area contributed by atoms with Gasteiger partial charge in [0.25, 0.3) is 0 Å². The first kappa shape index (κ1) is 27.9. The van der Waals surface area contributed by atoms with E-state index >= 15 is 0 Å². The minimum absolute atomic E-state index is 0.0528. The highest BCUT2D eigenvalue weighted by Gasteiger charge is 2.20. The van der Waals surface area contributed by atoms with Crippen molar-refractivity contribution in [1.82, 2.24) is 4.90 Å². The highest BCUT2D eigenvalue weighted by molar-refractivity contribution is 5.99. The van der Waals surface area contributed by atoms with Crippen molar-refractivity contribution in [2.24, 2.45) is 0 Å². The Balaban J connectivity index is 1.82. The van der Waals surface area contributed by atoms with Crippen molar-refractivity contribution < 1.29 is 33.4 Å². The Kier molecular flexibility index (Phi) is 11.0. The lowest BCUT2D eigenvalue weighted by Crippen LogP contribution is -2.40. The number of rotatable bonds is 10. The zero-order valence-corrected chi connectivity index (χ0v) is 20.7. The Morgan fingerprint density at radius 3 is 1.83 bits per heavy atom. The van der Waals surface area contributed by atoms with Gasteiger partial charge < -0.3 is 19.5 Å². The van der Waals surface area contributed by atoms with Crippen LogP contribution in [0.1, 0.15) is 31.9 Å². The Morgan fingerprint density at radius 2 is 1.33 bits per heavy atom. The smallest absolute Gasteiger partial charge is 0.417 e. The largest absolute Gasteiger partial charge is 0.459 e. The van der Waals surface area contributed by atoms with Crippen LogP contribution in [0.3, 0.4) is 0 Å². The molecular formula is C26H31N3O7. The van der Waals surface area contributed by atoms with Crippen LogP contribution < -0.4 is 10.6 Å². The molecule has 0 radical (unpaired) electrons. The second-order valence-electron chi connectivity index (χ2n) is 7.62. The van der Waals surface area contributed by atoms with Crippen LogP contribution in [0.15, 0.2) is 60.7 Å². The van der Waals surface area contributed by atoms with E-state index in [1.807, 2.05) is 24.3 Å². The normalized spacial score (nSPS) is 10.1. The molecule has 2 aromatic rings. The SMILES string of the molecule is C=C(C)C(=O)OCCOC(=O)Nc1ccc(Cc2ccc(NC(=O)N(CC)C(=O)OCC)cc2)cc1. The minimum Gasteiger partial charge on any atom is -0.459 e. The van der Waals surface area contributed by atoms with Crippen LogP contribution in [0.2, 0.25) is 0 Å². The van der Waals surface area contributed by atoms with Crippen LogP contribution in [-0.4, -0.2) is 55.5 Å². The van der Waals surface area contributed by atoms with Gasteiger partial charge >= 0.3 is 24.2 Å². The predicted molar refractivity (Wildman–Crippen MR) is 135 cm³/mol. The molecule has 2 rings (SSSR count). The highest BCUT2D eigenvalue weighted by Crippen LogP contribution is 2.17. The number of urea groups is 1. The van der Waals surface area contributed by atoms with Crippen LogP contribution in [0, 0.1) is 0 Å². The number of ether oxygens (including phenoxy) is 3. The molecule has 0 saturated heterocycles. The van der Waals surface area contributed by atoms with Crippen LogP contribution >= 0.6 is 0 Å². The number of benzene rings is 2. The fourth-order valence-electron chi connectivity index (χ4n) is 2.94. The van der Waals surface area contributed by atoms with Gasteiger partial charge in [-0.3, -0.25) is 5.32 Å². The maximum atomic E-state index is 12.3. The van der Waals surface area contributed by atoms with Crippen molar-refractivity contribution in [2.75, 3.05) is 37.0 Å². The maximum Gasteiger partial charge on any atom is 0.417 e. The molecule has 0 aliphatic heterocycles. The lowest BCUT2D eigenvalue weighted by Gasteiger charge is -2.18. The number of carbonyl (C=O) groups is 4. The number of anilines is 2. The molecule has 192 valence electrons. The quantitative estimate of drug-likeness (QED) is 0.206. The van der Waals surface area contributed by atoms with E-state index in [4.69, 9.17) is 14.2 Å². The topological polar surface area (TPSA) is 123 Å². The number of hydrogen-bond donors (Lipinski definition) is 2.